The van der Waals surface area contributed by atoms with Crippen LogP contribution in [0.4, 0.5) is 0 Å². The molecule has 1 aliphatic heterocycles. The Morgan fingerprint density at radius 3 is 3.04 bits per heavy atom. The fourth-order valence-corrected chi connectivity index (χ4v) is 3.98. The lowest BCUT2D eigenvalue weighted by atomic mass is 9.96. The molecule has 4 rings (SSSR count). The van der Waals surface area contributed by atoms with Crippen molar-refractivity contribution in [2.24, 2.45) is 5.92 Å². The molecule has 2 heterocycles. The number of ether oxygens (including phenoxy) is 1. The van der Waals surface area contributed by atoms with Crippen molar-refractivity contribution in [3.05, 3.63) is 29.5 Å². The summed E-state index contributed by atoms with van der Waals surface area (Å²) in [6.07, 6.45) is 6.85. The van der Waals surface area contributed by atoms with Crippen LogP contribution in [-0.4, -0.2) is 30.5 Å². The molecule has 0 radical (unpaired) electrons. The van der Waals surface area contributed by atoms with Crippen LogP contribution in [0.5, 0.6) is 5.75 Å². The molecular formula is C20H25NO3. The van der Waals surface area contributed by atoms with E-state index in [1.165, 1.54) is 24.8 Å². The number of benzene rings is 1. The maximum absolute atomic E-state index is 12.3. The molecule has 0 N–H and O–H groups in total. The van der Waals surface area contributed by atoms with Gasteiger partial charge in [0.25, 0.3) is 5.91 Å². The summed E-state index contributed by atoms with van der Waals surface area (Å²) < 4.78 is 11.7. The van der Waals surface area contributed by atoms with Crippen LogP contribution in [0.2, 0.25) is 0 Å². The predicted molar refractivity (Wildman–Crippen MR) is 93.3 cm³/mol. The molecule has 4 heteroatoms. The molecule has 1 unspecified atom stereocenters. The van der Waals surface area contributed by atoms with E-state index in [4.69, 9.17) is 9.15 Å². The normalized spacial score (nSPS) is 20.9. The molecule has 0 bridgehead atoms. The van der Waals surface area contributed by atoms with Crippen molar-refractivity contribution in [1.82, 2.24) is 4.90 Å². The Labute approximate surface area is 142 Å². The van der Waals surface area contributed by atoms with Gasteiger partial charge in [0.15, 0.2) is 6.61 Å². The number of rotatable bonds is 3. The Morgan fingerprint density at radius 1 is 1.29 bits per heavy atom. The number of hydrogen-bond donors (Lipinski definition) is 0. The van der Waals surface area contributed by atoms with Crippen molar-refractivity contribution < 1.29 is 13.9 Å². The number of carbonyl (C=O) groups excluding carboxylic acids is 1. The lowest BCUT2D eigenvalue weighted by Gasteiger charge is -2.30. The van der Waals surface area contributed by atoms with Crippen LogP contribution in [0.15, 0.2) is 22.6 Å². The molecule has 1 aliphatic carbocycles. The Hall–Kier alpha value is -1.97. The molecule has 4 nitrogen and oxygen atoms in total. The molecule has 2 aromatic rings. The van der Waals surface area contributed by atoms with E-state index >= 15 is 0 Å². The molecule has 1 aromatic heterocycles. The second kappa shape index (κ2) is 6.50. The van der Waals surface area contributed by atoms with Gasteiger partial charge in [0.2, 0.25) is 0 Å². The van der Waals surface area contributed by atoms with Gasteiger partial charge in [-0.3, -0.25) is 4.79 Å². The van der Waals surface area contributed by atoms with E-state index in [0.29, 0.717) is 5.92 Å². The highest BCUT2D eigenvalue weighted by Crippen LogP contribution is 2.33. The van der Waals surface area contributed by atoms with Crippen LogP contribution in [-0.2, 0) is 17.6 Å². The van der Waals surface area contributed by atoms with E-state index < -0.39 is 0 Å². The minimum Gasteiger partial charge on any atom is -0.484 e. The van der Waals surface area contributed by atoms with Crippen molar-refractivity contribution in [2.75, 3.05) is 19.7 Å². The molecule has 1 aromatic carbocycles. The van der Waals surface area contributed by atoms with Gasteiger partial charge in [-0.05, 0) is 56.2 Å². The number of furan rings is 1. The third-order valence-corrected chi connectivity index (χ3v) is 5.30. The van der Waals surface area contributed by atoms with Crippen molar-refractivity contribution >= 4 is 16.9 Å². The lowest BCUT2D eigenvalue weighted by molar-refractivity contribution is -0.135. The van der Waals surface area contributed by atoms with E-state index in [1.54, 1.807) is 0 Å². The molecule has 24 heavy (non-hydrogen) atoms. The SMILES string of the molecule is CC1CCCN(C(=O)COc2ccc3oc4c(c3c2)CCCC4)C1. The van der Waals surface area contributed by atoms with Gasteiger partial charge < -0.3 is 14.1 Å². The summed E-state index contributed by atoms with van der Waals surface area (Å²) >= 11 is 0. The highest BCUT2D eigenvalue weighted by atomic mass is 16.5. The summed E-state index contributed by atoms with van der Waals surface area (Å²) in [6.45, 7) is 4.05. The van der Waals surface area contributed by atoms with Gasteiger partial charge in [-0.25, -0.2) is 0 Å². The number of carbonyl (C=O) groups is 1. The van der Waals surface area contributed by atoms with Crippen molar-refractivity contribution in [2.45, 2.75) is 45.4 Å². The first-order valence-electron chi connectivity index (χ1n) is 9.15. The number of piperidine rings is 1. The van der Waals surface area contributed by atoms with E-state index in [9.17, 15) is 4.79 Å². The Balaban J connectivity index is 1.45. The van der Waals surface area contributed by atoms with Crippen LogP contribution in [0.25, 0.3) is 11.0 Å². The van der Waals surface area contributed by atoms with Crippen molar-refractivity contribution in [3.63, 3.8) is 0 Å². The fourth-order valence-electron chi connectivity index (χ4n) is 3.98. The second-order valence-corrected chi connectivity index (χ2v) is 7.24. The monoisotopic (exact) mass is 327 g/mol. The molecule has 1 amide bonds. The molecule has 1 fully saturated rings. The molecule has 2 aliphatic rings. The first-order valence-corrected chi connectivity index (χ1v) is 9.15. The topological polar surface area (TPSA) is 42.7 Å². The van der Waals surface area contributed by atoms with Crippen LogP contribution in [0.1, 0.15) is 43.9 Å². The summed E-state index contributed by atoms with van der Waals surface area (Å²) in [5.41, 5.74) is 2.27. The van der Waals surface area contributed by atoms with Gasteiger partial charge in [0.1, 0.15) is 17.1 Å². The number of hydrogen-bond acceptors (Lipinski definition) is 3. The van der Waals surface area contributed by atoms with Gasteiger partial charge in [0.05, 0.1) is 0 Å². The molecule has 0 spiro atoms. The van der Waals surface area contributed by atoms with Crippen molar-refractivity contribution in [3.8, 4) is 5.75 Å². The number of likely N-dealkylation sites (tertiary alicyclic amines) is 1. The van der Waals surface area contributed by atoms with E-state index in [-0.39, 0.29) is 12.5 Å². The van der Waals surface area contributed by atoms with Gasteiger partial charge in [0, 0.05) is 30.5 Å². The zero-order chi connectivity index (χ0) is 16.5. The maximum Gasteiger partial charge on any atom is 0.260 e. The standard InChI is InChI=1S/C20H25NO3/c1-14-5-4-10-21(12-14)20(22)13-23-15-8-9-19-17(11-15)16-6-2-3-7-18(16)24-19/h8-9,11,14H,2-7,10,12-13H2,1H3. The number of fused-ring (bicyclic) bond motifs is 3. The Morgan fingerprint density at radius 2 is 2.17 bits per heavy atom. The summed E-state index contributed by atoms with van der Waals surface area (Å²) in [5, 5.41) is 1.15. The largest absolute Gasteiger partial charge is 0.484 e. The summed E-state index contributed by atoms with van der Waals surface area (Å²) in [6, 6.07) is 5.91. The van der Waals surface area contributed by atoms with E-state index in [2.05, 4.69) is 6.92 Å². The average Bonchev–Trinajstić information content (AvgIpc) is 2.97. The van der Waals surface area contributed by atoms with Crippen LogP contribution in [0, 0.1) is 5.92 Å². The summed E-state index contributed by atoms with van der Waals surface area (Å²) in [7, 11) is 0. The number of amides is 1. The van der Waals surface area contributed by atoms with Crippen LogP contribution in [0.3, 0.4) is 0 Å². The number of aryl methyl sites for hydroxylation is 2. The third-order valence-electron chi connectivity index (χ3n) is 5.30. The fraction of sp³-hybridized carbons (Fsp3) is 0.550. The zero-order valence-corrected chi connectivity index (χ0v) is 14.3. The van der Waals surface area contributed by atoms with Crippen LogP contribution >= 0.6 is 0 Å². The predicted octanol–water partition coefficient (Wildman–Crippen LogP) is 3.95. The van der Waals surface area contributed by atoms with Crippen molar-refractivity contribution in [1.29, 1.82) is 0 Å². The van der Waals surface area contributed by atoms with Crippen LogP contribution < -0.4 is 4.74 Å². The van der Waals surface area contributed by atoms with E-state index in [0.717, 1.165) is 54.8 Å². The average molecular weight is 327 g/mol. The Kier molecular flexibility index (Phi) is 4.21. The minimum absolute atomic E-state index is 0.0934. The van der Waals surface area contributed by atoms with E-state index in [1.807, 2.05) is 23.1 Å². The summed E-state index contributed by atoms with van der Waals surface area (Å²) in [4.78, 5) is 14.3. The molecule has 1 atom stereocenters. The second-order valence-electron chi connectivity index (χ2n) is 7.24. The molecular weight excluding hydrogens is 302 g/mol. The van der Waals surface area contributed by atoms with Gasteiger partial charge in [-0.1, -0.05) is 6.92 Å². The van der Waals surface area contributed by atoms with Gasteiger partial charge in [-0.2, -0.15) is 0 Å². The highest BCUT2D eigenvalue weighted by molar-refractivity contribution is 5.84. The van der Waals surface area contributed by atoms with Gasteiger partial charge in [-0.15, -0.1) is 0 Å². The molecule has 0 saturated carbocycles. The third kappa shape index (κ3) is 3.02. The van der Waals surface area contributed by atoms with Gasteiger partial charge >= 0.3 is 0 Å². The Bertz CT molecular complexity index is 749. The first-order chi connectivity index (χ1) is 11.7. The molecule has 128 valence electrons. The zero-order valence-electron chi connectivity index (χ0n) is 14.3. The lowest BCUT2D eigenvalue weighted by Crippen LogP contribution is -2.41. The smallest absolute Gasteiger partial charge is 0.260 e. The quantitative estimate of drug-likeness (QED) is 0.857. The summed E-state index contributed by atoms with van der Waals surface area (Å²) in [5.74, 6) is 2.58. The molecule has 1 saturated heterocycles. The maximum atomic E-state index is 12.3. The minimum atomic E-state index is 0.0934. The first kappa shape index (κ1) is 15.6. The number of nitrogens with zero attached hydrogens (tertiary/aromatic N) is 1. The highest BCUT2D eigenvalue weighted by Gasteiger charge is 2.22.